The maximum absolute atomic E-state index is 14.2. The van der Waals surface area contributed by atoms with Gasteiger partial charge in [-0.15, -0.1) is 0 Å². The summed E-state index contributed by atoms with van der Waals surface area (Å²) in [5.41, 5.74) is 5.02. The first-order chi connectivity index (χ1) is 14.6. The van der Waals surface area contributed by atoms with Gasteiger partial charge in [0.2, 0.25) is 5.91 Å². The van der Waals surface area contributed by atoms with Gasteiger partial charge in [-0.05, 0) is 62.7 Å². The van der Waals surface area contributed by atoms with Crippen molar-refractivity contribution < 1.29 is 4.79 Å². The molecule has 1 aromatic heterocycles. The predicted molar refractivity (Wildman–Crippen MR) is 127 cm³/mol. The van der Waals surface area contributed by atoms with Gasteiger partial charge in [0.05, 0.1) is 5.41 Å². The van der Waals surface area contributed by atoms with Gasteiger partial charge in [-0.3, -0.25) is 19.1 Å². The fourth-order valence-electron chi connectivity index (χ4n) is 6.70. The topological polar surface area (TPSA) is 101 Å². The lowest BCUT2D eigenvalue weighted by Gasteiger charge is -2.60. The first-order valence-electron chi connectivity index (χ1n) is 11.7. The van der Waals surface area contributed by atoms with E-state index in [4.69, 9.17) is 5.73 Å². The highest BCUT2D eigenvalue weighted by atomic mass is 79.9. The highest BCUT2D eigenvalue weighted by molar-refractivity contribution is 9.10. The maximum atomic E-state index is 14.2. The summed E-state index contributed by atoms with van der Waals surface area (Å²) < 4.78 is 1.45. The van der Waals surface area contributed by atoms with Gasteiger partial charge in [0, 0.05) is 17.4 Å². The molecule has 3 N–H and O–H groups in total. The lowest BCUT2D eigenvalue weighted by molar-refractivity contribution is -0.141. The molecule has 4 saturated carbocycles. The molecular weight excluding hydrogens is 460 g/mol. The van der Waals surface area contributed by atoms with Crippen molar-refractivity contribution in [3.05, 3.63) is 20.8 Å². The number of hydrogen-bond donors (Lipinski definition) is 2. The SMILES string of the molecule is CCCCn1c(N)c(N(CC(C)C)C(=O)C23CC4CC(CC(Br)(C4)C2)C3)c(=O)[nH]c1=O. The number of amides is 1. The number of carbonyl (C=O) groups excluding carboxylic acids is 1. The van der Waals surface area contributed by atoms with Gasteiger partial charge < -0.3 is 10.6 Å². The van der Waals surface area contributed by atoms with Gasteiger partial charge in [0.15, 0.2) is 5.69 Å². The number of nitrogens with one attached hydrogen (secondary N) is 1. The first-order valence-corrected chi connectivity index (χ1v) is 12.5. The van der Waals surface area contributed by atoms with E-state index in [-0.39, 0.29) is 27.7 Å². The lowest BCUT2D eigenvalue weighted by atomic mass is 9.49. The van der Waals surface area contributed by atoms with Crippen LogP contribution >= 0.6 is 15.9 Å². The van der Waals surface area contributed by atoms with Gasteiger partial charge in [0.25, 0.3) is 5.56 Å². The van der Waals surface area contributed by atoms with Gasteiger partial charge in [0.1, 0.15) is 5.82 Å². The number of nitrogens with zero attached hydrogens (tertiary/aromatic N) is 2. The predicted octanol–water partition coefficient (Wildman–Crippen LogP) is 3.64. The van der Waals surface area contributed by atoms with E-state index in [1.54, 1.807) is 4.90 Å². The summed E-state index contributed by atoms with van der Waals surface area (Å²) in [7, 11) is 0. The van der Waals surface area contributed by atoms with Crippen molar-refractivity contribution in [2.75, 3.05) is 17.2 Å². The number of anilines is 2. The highest BCUT2D eigenvalue weighted by Crippen LogP contribution is 2.65. The summed E-state index contributed by atoms with van der Waals surface area (Å²) >= 11 is 3.99. The van der Waals surface area contributed by atoms with Crippen molar-refractivity contribution in [1.82, 2.24) is 9.55 Å². The van der Waals surface area contributed by atoms with Crippen LogP contribution in [0.3, 0.4) is 0 Å². The molecule has 0 aliphatic heterocycles. The molecule has 0 spiro atoms. The molecule has 8 heteroatoms. The number of aromatic nitrogens is 2. The Morgan fingerprint density at radius 1 is 1.26 bits per heavy atom. The van der Waals surface area contributed by atoms with Crippen LogP contribution < -0.4 is 21.9 Å². The van der Waals surface area contributed by atoms with E-state index < -0.39 is 16.7 Å². The molecule has 4 aliphatic rings. The molecule has 172 valence electrons. The van der Waals surface area contributed by atoms with E-state index in [9.17, 15) is 14.4 Å². The summed E-state index contributed by atoms with van der Waals surface area (Å²) in [6.07, 6.45) is 7.72. The maximum Gasteiger partial charge on any atom is 0.330 e. The van der Waals surface area contributed by atoms with Crippen molar-refractivity contribution in [2.45, 2.75) is 83.0 Å². The minimum Gasteiger partial charge on any atom is -0.383 e. The number of hydrogen-bond acceptors (Lipinski definition) is 4. The third-order valence-electron chi connectivity index (χ3n) is 7.46. The van der Waals surface area contributed by atoms with Gasteiger partial charge in [-0.1, -0.05) is 43.1 Å². The molecule has 0 radical (unpaired) electrons. The Morgan fingerprint density at radius 2 is 1.90 bits per heavy atom. The van der Waals surface area contributed by atoms with Gasteiger partial charge >= 0.3 is 5.69 Å². The zero-order valence-electron chi connectivity index (χ0n) is 18.9. The molecule has 4 aliphatic carbocycles. The van der Waals surface area contributed by atoms with Crippen LogP contribution in [-0.4, -0.2) is 26.3 Å². The zero-order chi connectivity index (χ0) is 22.6. The van der Waals surface area contributed by atoms with Crippen LogP contribution in [0.5, 0.6) is 0 Å². The normalized spacial score (nSPS) is 31.4. The van der Waals surface area contributed by atoms with Crippen molar-refractivity contribution in [3.63, 3.8) is 0 Å². The minimum absolute atomic E-state index is 0.0111. The minimum atomic E-state index is -0.567. The smallest absolute Gasteiger partial charge is 0.330 e. The molecule has 31 heavy (non-hydrogen) atoms. The number of H-pyrrole nitrogens is 1. The number of aromatic amines is 1. The largest absolute Gasteiger partial charge is 0.383 e. The average molecular weight is 495 g/mol. The molecule has 0 aromatic carbocycles. The van der Waals surface area contributed by atoms with Gasteiger partial charge in [-0.25, -0.2) is 4.79 Å². The third kappa shape index (κ3) is 4.00. The number of nitrogens with two attached hydrogens (primary N) is 1. The molecular formula is C23H35BrN4O3. The third-order valence-corrected chi connectivity index (χ3v) is 8.38. The summed E-state index contributed by atoms with van der Waals surface area (Å²) in [6, 6.07) is 0. The lowest BCUT2D eigenvalue weighted by Crippen LogP contribution is -2.60. The molecule has 4 fully saturated rings. The fraction of sp³-hybridized carbons (Fsp3) is 0.783. The number of alkyl halides is 1. The molecule has 1 aromatic rings. The Kier molecular flexibility index (Phi) is 5.90. The van der Waals surface area contributed by atoms with E-state index in [1.165, 1.54) is 11.0 Å². The zero-order valence-corrected chi connectivity index (χ0v) is 20.5. The summed E-state index contributed by atoms with van der Waals surface area (Å²) in [6.45, 7) is 6.93. The molecule has 1 amide bonds. The van der Waals surface area contributed by atoms with E-state index in [1.807, 2.05) is 20.8 Å². The van der Waals surface area contributed by atoms with Crippen molar-refractivity contribution >= 4 is 33.3 Å². The number of halogens is 1. The Labute approximate surface area is 191 Å². The number of carbonyl (C=O) groups is 1. The second-order valence-electron chi connectivity index (χ2n) is 10.7. The van der Waals surface area contributed by atoms with Crippen LogP contribution in [0.1, 0.15) is 72.1 Å². The monoisotopic (exact) mass is 494 g/mol. The fourth-order valence-corrected chi connectivity index (χ4v) is 8.16. The molecule has 2 atom stereocenters. The van der Waals surface area contributed by atoms with E-state index in [0.29, 0.717) is 24.9 Å². The van der Waals surface area contributed by atoms with Crippen LogP contribution in [0.25, 0.3) is 0 Å². The van der Waals surface area contributed by atoms with Crippen molar-refractivity contribution in [2.24, 2.45) is 23.2 Å². The van der Waals surface area contributed by atoms with Crippen LogP contribution in [0.4, 0.5) is 11.5 Å². The molecule has 0 saturated heterocycles. The molecule has 5 rings (SSSR count). The Balaban J connectivity index is 1.78. The second kappa shape index (κ2) is 8.09. The Hall–Kier alpha value is -1.57. The van der Waals surface area contributed by atoms with Crippen molar-refractivity contribution in [3.8, 4) is 0 Å². The van der Waals surface area contributed by atoms with Crippen LogP contribution in [0.15, 0.2) is 9.59 Å². The van der Waals surface area contributed by atoms with Gasteiger partial charge in [-0.2, -0.15) is 0 Å². The van der Waals surface area contributed by atoms with E-state index >= 15 is 0 Å². The molecule has 4 bridgehead atoms. The van der Waals surface area contributed by atoms with Crippen molar-refractivity contribution in [1.29, 1.82) is 0 Å². The Morgan fingerprint density at radius 3 is 2.45 bits per heavy atom. The number of rotatable bonds is 7. The number of nitrogen functional groups attached to an aromatic ring is 1. The van der Waals surface area contributed by atoms with Crippen LogP contribution in [-0.2, 0) is 11.3 Å². The number of unbranched alkanes of at least 4 members (excludes halogenated alkanes) is 1. The summed E-state index contributed by atoms with van der Waals surface area (Å²) in [5.74, 6) is 1.39. The Bertz CT molecular complexity index is 968. The quantitative estimate of drug-likeness (QED) is 0.564. The standard InChI is InChI=1S/C23H35BrN4O3/c1-4-5-6-27-18(25)17(19(29)26-21(27)31)28(12-14(2)3)20(30)22-8-15-7-16(9-22)11-23(24,10-15)13-22/h14-16H,4-13,25H2,1-3H3,(H,26,29,31). The average Bonchev–Trinajstić information content (AvgIpc) is 2.64. The molecule has 1 heterocycles. The second-order valence-corrected chi connectivity index (χ2v) is 12.4. The summed E-state index contributed by atoms with van der Waals surface area (Å²) in [5, 5.41) is 0. The molecule has 2 unspecified atom stereocenters. The van der Waals surface area contributed by atoms with Crippen LogP contribution in [0.2, 0.25) is 0 Å². The van der Waals surface area contributed by atoms with E-state index in [0.717, 1.165) is 44.9 Å². The van der Waals surface area contributed by atoms with E-state index in [2.05, 4.69) is 20.9 Å². The first kappa shape index (κ1) is 22.6. The van der Waals surface area contributed by atoms with Crippen LogP contribution in [0, 0.1) is 23.2 Å². The molecule has 7 nitrogen and oxygen atoms in total. The highest BCUT2D eigenvalue weighted by Gasteiger charge is 2.60. The summed E-state index contributed by atoms with van der Waals surface area (Å²) in [4.78, 5) is 43.6.